The van der Waals surface area contributed by atoms with Crippen molar-refractivity contribution in [2.75, 3.05) is 13.1 Å². The van der Waals surface area contributed by atoms with E-state index < -0.39 is 24.0 Å². The lowest BCUT2D eigenvalue weighted by Gasteiger charge is -2.34. The molecule has 1 aliphatic rings. The lowest BCUT2D eigenvalue weighted by Crippen LogP contribution is -2.43. The number of rotatable bonds is 3. The molecule has 0 aliphatic carbocycles. The normalized spacial score (nSPS) is 18.9. The molecule has 1 fully saturated rings. The average Bonchev–Trinajstić information content (AvgIpc) is 2.46. The largest absolute Gasteiger partial charge is 0.414 e. The summed E-state index contributed by atoms with van der Waals surface area (Å²) < 4.78 is 50.7. The zero-order chi connectivity index (χ0) is 16.3. The molecule has 0 amide bonds. The van der Waals surface area contributed by atoms with Crippen LogP contribution in [0.15, 0.2) is 18.2 Å². The summed E-state index contributed by atoms with van der Waals surface area (Å²) in [7, 11) is 0. The van der Waals surface area contributed by atoms with Gasteiger partial charge in [0.25, 0.3) is 0 Å². The first kappa shape index (κ1) is 16.7. The van der Waals surface area contributed by atoms with Crippen LogP contribution in [0.4, 0.5) is 17.6 Å². The Morgan fingerprint density at radius 2 is 1.95 bits per heavy atom. The standard InChI is InChI=1S/C15H16F4N2O/c16-13-2-1-11(8-20)12(7-13)9-21-5-3-10(4-6-21)14(22)15(17,18)19/h1-2,7,10,14,22H,3-6,9H2. The molecule has 0 spiro atoms. The van der Waals surface area contributed by atoms with E-state index in [0.29, 0.717) is 30.8 Å². The quantitative estimate of drug-likeness (QED) is 0.872. The highest BCUT2D eigenvalue weighted by Crippen LogP contribution is 2.32. The van der Waals surface area contributed by atoms with E-state index in [4.69, 9.17) is 5.26 Å². The molecule has 0 bridgehead atoms. The van der Waals surface area contributed by atoms with Gasteiger partial charge in [0, 0.05) is 6.54 Å². The summed E-state index contributed by atoms with van der Waals surface area (Å²) >= 11 is 0. The first-order valence-electron chi connectivity index (χ1n) is 6.97. The van der Waals surface area contributed by atoms with Gasteiger partial charge in [-0.1, -0.05) is 0 Å². The van der Waals surface area contributed by atoms with Crippen LogP contribution in [0.25, 0.3) is 0 Å². The fraction of sp³-hybridized carbons (Fsp3) is 0.533. The maximum Gasteiger partial charge on any atom is 0.414 e. The van der Waals surface area contributed by atoms with Crippen LogP contribution in [0, 0.1) is 23.1 Å². The number of aliphatic hydroxyl groups excluding tert-OH is 1. The van der Waals surface area contributed by atoms with E-state index in [1.165, 1.54) is 18.2 Å². The van der Waals surface area contributed by atoms with Crippen LogP contribution < -0.4 is 0 Å². The molecule has 1 N–H and O–H groups in total. The Labute approximate surface area is 125 Å². The summed E-state index contributed by atoms with van der Waals surface area (Å²) in [5.41, 5.74) is 0.885. The molecule has 0 aromatic heterocycles. The van der Waals surface area contributed by atoms with Gasteiger partial charge in [-0.05, 0) is 55.6 Å². The van der Waals surface area contributed by atoms with E-state index in [-0.39, 0.29) is 12.8 Å². The molecule has 1 heterocycles. The zero-order valence-corrected chi connectivity index (χ0v) is 11.8. The number of aliphatic hydroxyl groups is 1. The number of nitriles is 1. The van der Waals surface area contributed by atoms with Gasteiger partial charge in [0.2, 0.25) is 0 Å². The van der Waals surface area contributed by atoms with Crippen molar-refractivity contribution < 1.29 is 22.7 Å². The molecule has 1 atom stereocenters. The highest BCUT2D eigenvalue weighted by Gasteiger charge is 2.44. The Morgan fingerprint density at radius 1 is 1.32 bits per heavy atom. The molecule has 2 rings (SSSR count). The zero-order valence-electron chi connectivity index (χ0n) is 11.8. The third-order valence-electron chi connectivity index (χ3n) is 4.00. The number of halogens is 4. The Kier molecular flexibility index (Phi) is 5.04. The minimum Gasteiger partial charge on any atom is -0.383 e. The molecule has 120 valence electrons. The van der Waals surface area contributed by atoms with Crippen molar-refractivity contribution in [2.24, 2.45) is 5.92 Å². The van der Waals surface area contributed by atoms with E-state index >= 15 is 0 Å². The topological polar surface area (TPSA) is 47.3 Å². The van der Waals surface area contributed by atoms with Crippen molar-refractivity contribution in [2.45, 2.75) is 31.7 Å². The van der Waals surface area contributed by atoms with Crippen molar-refractivity contribution in [1.29, 1.82) is 5.26 Å². The van der Waals surface area contributed by atoms with Crippen molar-refractivity contribution in [1.82, 2.24) is 4.90 Å². The first-order chi connectivity index (χ1) is 10.3. The maximum absolute atomic E-state index is 13.3. The van der Waals surface area contributed by atoms with Gasteiger partial charge in [-0.25, -0.2) is 4.39 Å². The summed E-state index contributed by atoms with van der Waals surface area (Å²) in [6.07, 6.45) is -6.45. The highest BCUT2D eigenvalue weighted by molar-refractivity contribution is 5.37. The van der Waals surface area contributed by atoms with Crippen molar-refractivity contribution >= 4 is 0 Å². The van der Waals surface area contributed by atoms with Crippen LogP contribution in [-0.4, -0.2) is 35.4 Å². The fourth-order valence-electron chi connectivity index (χ4n) is 2.74. The van der Waals surface area contributed by atoms with E-state index in [2.05, 4.69) is 0 Å². The minimum atomic E-state index is -4.59. The van der Waals surface area contributed by atoms with Gasteiger partial charge in [0.05, 0.1) is 11.6 Å². The van der Waals surface area contributed by atoms with Crippen LogP contribution in [0.3, 0.4) is 0 Å². The maximum atomic E-state index is 13.3. The van der Waals surface area contributed by atoms with Gasteiger partial charge >= 0.3 is 6.18 Å². The second-order valence-corrected chi connectivity index (χ2v) is 5.51. The Morgan fingerprint density at radius 3 is 2.50 bits per heavy atom. The van der Waals surface area contributed by atoms with E-state index in [0.717, 1.165) is 0 Å². The van der Waals surface area contributed by atoms with Gasteiger partial charge in [0.1, 0.15) is 5.82 Å². The molecule has 22 heavy (non-hydrogen) atoms. The lowest BCUT2D eigenvalue weighted by atomic mass is 9.90. The molecule has 1 aromatic carbocycles. The van der Waals surface area contributed by atoms with Gasteiger partial charge in [-0.2, -0.15) is 18.4 Å². The number of benzene rings is 1. The monoisotopic (exact) mass is 316 g/mol. The Hall–Kier alpha value is -1.65. The van der Waals surface area contributed by atoms with Crippen LogP contribution in [0.2, 0.25) is 0 Å². The third kappa shape index (κ3) is 3.96. The fourth-order valence-corrected chi connectivity index (χ4v) is 2.74. The number of nitrogens with zero attached hydrogens (tertiary/aromatic N) is 2. The number of likely N-dealkylation sites (tertiary alicyclic amines) is 1. The summed E-state index contributed by atoms with van der Waals surface area (Å²) in [6.45, 7) is 1.06. The molecular formula is C15H16F4N2O. The summed E-state index contributed by atoms with van der Waals surface area (Å²) in [6, 6.07) is 5.85. The van der Waals surface area contributed by atoms with Crippen LogP contribution in [0.5, 0.6) is 0 Å². The Bertz CT molecular complexity index is 560. The summed E-state index contributed by atoms with van der Waals surface area (Å²) in [4.78, 5) is 1.87. The predicted octanol–water partition coefficient (Wildman–Crippen LogP) is 2.83. The number of piperidine rings is 1. The smallest absolute Gasteiger partial charge is 0.383 e. The number of hydrogen-bond donors (Lipinski definition) is 1. The van der Waals surface area contributed by atoms with Gasteiger partial charge in [0.15, 0.2) is 6.10 Å². The summed E-state index contributed by atoms with van der Waals surface area (Å²) in [5.74, 6) is -1.25. The Balaban J connectivity index is 1.96. The first-order valence-corrected chi connectivity index (χ1v) is 6.97. The van der Waals surface area contributed by atoms with Crippen LogP contribution in [-0.2, 0) is 6.54 Å². The highest BCUT2D eigenvalue weighted by atomic mass is 19.4. The third-order valence-corrected chi connectivity index (χ3v) is 4.00. The van der Waals surface area contributed by atoms with Gasteiger partial charge < -0.3 is 5.11 Å². The van der Waals surface area contributed by atoms with E-state index in [1.54, 1.807) is 0 Å². The molecule has 1 aliphatic heterocycles. The second kappa shape index (κ2) is 6.63. The SMILES string of the molecule is N#Cc1ccc(F)cc1CN1CCC(C(O)C(F)(F)F)CC1. The number of alkyl halides is 3. The van der Waals surface area contributed by atoms with Crippen molar-refractivity contribution in [3.8, 4) is 6.07 Å². The predicted molar refractivity (Wildman–Crippen MR) is 71.2 cm³/mol. The molecule has 1 saturated heterocycles. The van der Waals surface area contributed by atoms with E-state index in [1.807, 2.05) is 11.0 Å². The minimum absolute atomic E-state index is 0.220. The average molecular weight is 316 g/mol. The van der Waals surface area contributed by atoms with Crippen molar-refractivity contribution in [3.05, 3.63) is 35.1 Å². The van der Waals surface area contributed by atoms with Gasteiger partial charge in [-0.3, -0.25) is 4.90 Å². The van der Waals surface area contributed by atoms with Gasteiger partial charge in [-0.15, -0.1) is 0 Å². The number of hydrogen-bond acceptors (Lipinski definition) is 3. The molecule has 3 nitrogen and oxygen atoms in total. The summed E-state index contributed by atoms with van der Waals surface area (Å²) in [5, 5.41) is 18.3. The van der Waals surface area contributed by atoms with Crippen molar-refractivity contribution in [3.63, 3.8) is 0 Å². The van der Waals surface area contributed by atoms with E-state index in [9.17, 15) is 22.7 Å². The second-order valence-electron chi connectivity index (χ2n) is 5.51. The van der Waals surface area contributed by atoms with Crippen LogP contribution in [0.1, 0.15) is 24.0 Å². The molecule has 7 heteroatoms. The molecule has 0 saturated carbocycles. The molecule has 0 radical (unpaired) electrons. The molecule has 1 aromatic rings. The molecular weight excluding hydrogens is 300 g/mol. The lowest BCUT2D eigenvalue weighted by molar-refractivity contribution is -0.223. The van der Waals surface area contributed by atoms with Crippen LogP contribution >= 0.6 is 0 Å². The molecule has 1 unspecified atom stereocenters.